The summed E-state index contributed by atoms with van der Waals surface area (Å²) < 4.78 is 15.5. The predicted octanol–water partition coefficient (Wildman–Crippen LogP) is 0.0695. The highest BCUT2D eigenvalue weighted by Crippen LogP contribution is 2.32. The summed E-state index contributed by atoms with van der Waals surface area (Å²) in [4.78, 5) is 22.0. The van der Waals surface area contributed by atoms with Crippen molar-refractivity contribution in [2.45, 2.75) is 62.8 Å². The molecule has 0 aromatic heterocycles. The van der Waals surface area contributed by atoms with Crippen LogP contribution >= 0.6 is 11.8 Å². The van der Waals surface area contributed by atoms with Crippen molar-refractivity contribution in [3.8, 4) is 0 Å². The lowest BCUT2D eigenvalue weighted by Crippen LogP contribution is -2.59. The van der Waals surface area contributed by atoms with Crippen LogP contribution in [0, 0.1) is 0 Å². The largest absolute Gasteiger partial charge is 0.463 e. The molecule has 5 atom stereocenters. The monoisotopic (exact) mass is 322 g/mol. The van der Waals surface area contributed by atoms with Gasteiger partial charge in [-0.25, -0.2) is 0 Å². The van der Waals surface area contributed by atoms with Crippen LogP contribution in [0.2, 0.25) is 0 Å². The molecular weight excluding hydrogens is 300 g/mol. The van der Waals surface area contributed by atoms with E-state index in [0.717, 1.165) is 0 Å². The van der Waals surface area contributed by atoms with Crippen molar-refractivity contribution in [3.05, 3.63) is 0 Å². The van der Waals surface area contributed by atoms with E-state index in [1.807, 2.05) is 13.8 Å². The molecule has 0 radical (unpaired) electrons. The second kappa shape index (κ2) is 7.98. The molecule has 0 aromatic rings. The van der Waals surface area contributed by atoms with Crippen LogP contribution in [-0.2, 0) is 23.8 Å². The SMILES string of the molecule is CC(=O)OC[C@H]1O[C@@H](SC(C)C)[C@H](OC(C)=O)[C@@H](O)[C@H]1O. The fourth-order valence-electron chi connectivity index (χ4n) is 1.94. The molecule has 1 rings (SSSR count). The molecule has 0 aliphatic carbocycles. The first-order valence-electron chi connectivity index (χ1n) is 6.70. The van der Waals surface area contributed by atoms with E-state index in [9.17, 15) is 19.8 Å². The molecule has 1 heterocycles. The van der Waals surface area contributed by atoms with Crippen molar-refractivity contribution in [3.63, 3.8) is 0 Å². The molecule has 0 spiro atoms. The first-order valence-corrected chi connectivity index (χ1v) is 7.64. The zero-order valence-electron chi connectivity index (χ0n) is 12.5. The van der Waals surface area contributed by atoms with Crippen LogP contribution in [0.5, 0.6) is 0 Å². The zero-order valence-corrected chi connectivity index (χ0v) is 13.3. The van der Waals surface area contributed by atoms with Gasteiger partial charge < -0.3 is 24.4 Å². The lowest BCUT2D eigenvalue weighted by Gasteiger charge is -2.42. The molecule has 122 valence electrons. The van der Waals surface area contributed by atoms with Gasteiger partial charge in [-0.2, -0.15) is 0 Å². The van der Waals surface area contributed by atoms with Gasteiger partial charge >= 0.3 is 11.9 Å². The summed E-state index contributed by atoms with van der Waals surface area (Å²) in [7, 11) is 0. The smallest absolute Gasteiger partial charge is 0.303 e. The fourth-order valence-corrected chi connectivity index (χ4v) is 3.05. The number of aliphatic hydroxyl groups excluding tert-OH is 2. The summed E-state index contributed by atoms with van der Waals surface area (Å²) in [6, 6.07) is 0. The van der Waals surface area contributed by atoms with E-state index in [2.05, 4.69) is 0 Å². The summed E-state index contributed by atoms with van der Waals surface area (Å²) in [6.07, 6.45) is -4.46. The summed E-state index contributed by atoms with van der Waals surface area (Å²) in [5.41, 5.74) is -0.646. The molecule has 1 fully saturated rings. The predicted molar refractivity (Wildman–Crippen MR) is 75.6 cm³/mol. The standard InChI is InChI=1S/C13H22O7S/c1-6(2)21-13-12(19-8(4)15)11(17)10(16)9(20-13)5-18-7(3)14/h6,9-13,16-17H,5H2,1-4H3/t9-,10+,11+,12-,13+/m1/s1. The van der Waals surface area contributed by atoms with E-state index >= 15 is 0 Å². The molecule has 0 unspecified atom stereocenters. The van der Waals surface area contributed by atoms with Crippen LogP contribution in [0.25, 0.3) is 0 Å². The van der Waals surface area contributed by atoms with Gasteiger partial charge in [0.15, 0.2) is 6.10 Å². The maximum atomic E-state index is 11.1. The van der Waals surface area contributed by atoms with Gasteiger partial charge in [0.1, 0.15) is 30.4 Å². The van der Waals surface area contributed by atoms with Gasteiger partial charge in [0, 0.05) is 19.1 Å². The minimum atomic E-state index is -1.31. The van der Waals surface area contributed by atoms with Crippen LogP contribution < -0.4 is 0 Å². The molecule has 1 saturated heterocycles. The van der Waals surface area contributed by atoms with E-state index in [0.29, 0.717) is 0 Å². The fraction of sp³-hybridized carbons (Fsp3) is 0.846. The third-order valence-corrected chi connectivity index (χ3v) is 4.00. The summed E-state index contributed by atoms with van der Waals surface area (Å²) in [5, 5.41) is 20.3. The number of thioether (sulfide) groups is 1. The zero-order chi connectivity index (χ0) is 16.2. The van der Waals surface area contributed by atoms with Crippen molar-refractivity contribution in [2.75, 3.05) is 6.61 Å². The Morgan fingerprint density at radius 3 is 2.29 bits per heavy atom. The van der Waals surface area contributed by atoms with Crippen LogP contribution in [0.1, 0.15) is 27.7 Å². The van der Waals surface area contributed by atoms with E-state index in [1.54, 1.807) is 0 Å². The highest BCUT2D eigenvalue weighted by molar-refractivity contribution is 8.00. The molecular formula is C13H22O7S. The van der Waals surface area contributed by atoms with Crippen molar-refractivity contribution in [2.24, 2.45) is 0 Å². The molecule has 1 aliphatic heterocycles. The average molecular weight is 322 g/mol. The number of hydrogen-bond acceptors (Lipinski definition) is 8. The number of carbonyl (C=O) groups is 2. The first kappa shape index (κ1) is 18.2. The number of aliphatic hydroxyl groups is 2. The highest BCUT2D eigenvalue weighted by Gasteiger charge is 2.47. The van der Waals surface area contributed by atoms with Crippen molar-refractivity contribution in [1.82, 2.24) is 0 Å². The van der Waals surface area contributed by atoms with Gasteiger partial charge in [-0.15, -0.1) is 11.8 Å². The second-order valence-electron chi connectivity index (χ2n) is 5.09. The van der Waals surface area contributed by atoms with Gasteiger partial charge in [-0.1, -0.05) is 13.8 Å². The van der Waals surface area contributed by atoms with Crippen LogP contribution in [0.3, 0.4) is 0 Å². The number of ether oxygens (including phenoxy) is 3. The number of hydrogen-bond donors (Lipinski definition) is 2. The van der Waals surface area contributed by atoms with Crippen molar-refractivity contribution in [1.29, 1.82) is 0 Å². The Morgan fingerprint density at radius 2 is 1.81 bits per heavy atom. The Kier molecular flexibility index (Phi) is 6.92. The Labute approximate surface area is 127 Å². The average Bonchev–Trinajstić information content (AvgIpc) is 2.35. The van der Waals surface area contributed by atoms with Gasteiger partial charge in [-0.3, -0.25) is 9.59 Å². The van der Waals surface area contributed by atoms with E-state index in [-0.39, 0.29) is 11.9 Å². The van der Waals surface area contributed by atoms with Crippen LogP contribution in [0.15, 0.2) is 0 Å². The van der Waals surface area contributed by atoms with E-state index in [1.165, 1.54) is 25.6 Å². The maximum absolute atomic E-state index is 11.1. The molecule has 0 amide bonds. The molecule has 0 bridgehead atoms. The second-order valence-corrected chi connectivity index (χ2v) is 6.77. The molecule has 7 nitrogen and oxygen atoms in total. The highest BCUT2D eigenvalue weighted by atomic mass is 32.2. The molecule has 0 saturated carbocycles. The lowest BCUT2D eigenvalue weighted by atomic mass is 10.00. The topological polar surface area (TPSA) is 102 Å². The quantitative estimate of drug-likeness (QED) is 0.686. The Hall–Kier alpha value is -0.830. The molecule has 21 heavy (non-hydrogen) atoms. The summed E-state index contributed by atoms with van der Waals surface area (Å²) >= 11 is 1.36. The Morgan fingerprint density at radius 1 is 1.19 bits per heavy atom. The van der Waals surface area contributed by atoms with Gasteiger partial charge in [-0.05, 0) is 0 Å². The van der Waals surface area contributed by atoms with Crippen LogP contribution in [-0.4, -0.2) is 63.9 Å². The molecule has 8 heteroatoms. The van der Waals surface area contributed by atoms with Crippen molar-refractivity contribution >= 4 is 23.7 Å². The molecule has 0 aromatic carbocycles. The summed E-state index contributed by atoms with van der Waals surface area (Å²) in [5.74, 6) is -1.07. The van der Waals surface area contributed by atoms with E-state index < -0.39 is 41.8 Å². The minimum absolute atomic E-state index is 0.157. The third kappa shape index (κ3) is 5.46. The van der Waals surface area contributed by atoms with E-state index in [4.69, 9.17) is 14.2 Å². The summed E-state index contributed by atoms with van der Waals surface area (Å²) in [6.45, 7) is 6.15. The third-order valence-electron chi connectivity index (χ3n) is 2.80. The minimum Gasteiger partial charge on any atom is -0.463 e. The molecule has 1 aliphatic rings. The number of carbonyl (C=O) groups excluding carboxylic acids is 2. The number of esters is 2. The van der Waals surface area contributed by atoms with Crippen LogP contribution in [0.4, 0.5) is 0 Å². The first-order chi connectivity index (χ1) is 9.72. The maximum Gasteiger partial charge on any atom is 0.303 e. The normalized spacial score (nSPS) is 32.8. The van der Waals surface area contributed by atoms with Gasteiger partial charge in [0.25, 0.3) is 0 Å². The Bertz CT molecular complexity index is 372. The van der Waals surface area contributed by atoms with Gasteiger partial charge in [0.2, 0.25) is 0 Å². The van der Waals surface area contributed by atoms with Crippen molar-refractivity contribution < 1.29 is 34.0 Å². The number of rotatable bonds is 5. The Balaban J connectivity index is 2.82. The van der Waals surface area contributed by atoms with Gasteiger partial charge in [0.05, 0.1) is 0 Å². The molecule has 2 N–H and O–H groups in total. The lowest BCUT2D eigenvalue weighted by molar-refractivity contribution is -0.220.